The van der Waals surface area contributed by atoms with Crippen LogP contribution in [0.1, 0.15) is 13.3 Å². The summed E-state index contributed by atoms with van der Waals surface area (Å²) in [7, 11) is 0. The van der Waals surface area contributed by atoms with Gasteiger partial charge < -0.3 is 0 Å². The Bertz CT molecular complexity index is 656. The van der Waals surface area contributed by atoms with Crippen LogP contribution in [-0.2, 0) is 6.54 Å². The molecule has 0 saturated heterocycles. The summed E-state index contributed by atoms with van der Waals surface area (Å²) in [6, 6.07) is 6.88. The van der Waals surface area contributed by atoms with Crippen LogP contribution in [0.2, 0.25) is 0 Å². The second-order valence-corrected chi connectivity index (χ2v) is 3.93. The van der Waals surface area contributed by atoms with Crippen LogP contribution in [0.25, 0.3) is 5.69 Å². The van der Waals surface area contributed by atoms with Crippen molar-refractivity contribution in [3.8, 4) is 5.69 Å². The molecule has 0 spiro atoms. The number of hydrogen-bond acceptors (Lipinski definition) is 2. The minimum absolute atomic E-state index is 0.319. The lowest BCUT2D eigenvalue weighted by molar-refractivity contribution is 0.596. The van der Waals surface area contributed by atoms with E-state index in [1.807, 2.05) is 6.92 Å². The Kier molecular flexibility index (Phi) is 3.41. The summed E-state index contributed by atoms with van der Waals surface area (Å²) in [6.07, 6.45) is 2.10. The molecule has 2 rings (SSSR count). The van der Waals surface area contributed by atoms with Crippen molar-refractivity contribution in [1.82, 2.24) is 9.13 Å². The molecule has 0 aliphatic rings. The average molecular weight is 248 g/mol. The van der Waals surface area contributed by atoms with Crippen molar-refractivity contribution >= 4 is 0 Å². The molecular weight excluding hydrogens is 235 g/mol. The minimum Gasteiger partial charge on any atom is -0.269 e. The predicted octanol–water partition coefficient (Wildman–Crippen LogP) is 1.55. The van der Waals surface area contributed by atoms with Crippen LogP contribution in [0.15, 0.2) is 46.1 Å². The summed E-state index contributed by atoms with van der Waals surface area (Å²) < 4.78 is 15.3. The molecule has 0 unspecified atom stereocenters. The fraction of sp³-hybridized carbons (Fsp3) is 0.231. The Morgan fingerprint density at radius 1 is 1.11 bits per heavy atom. The third-order valence-electron chi connectivity index (χ3n) is 2.62. The zero-order valence-electron chi connectivity index (χ0n) is 9.97. The molecule has 5 heteroatoms. The van der Waals surface area contributed by atoms with Crippen LogP contribution in [-0.4, -0.2) is 9.13 Å². The third kappa shape index (κ3) is 2.25. The molecular formula is C13H13FN2O2. The third-order valence-corrected chi connectivity index (χ3v) is 2.62. The number of benzene rings is 1. The predicted molar refractivity (Wildman–Crippen MR) is 66.5 cm³/mol. The maximum absolute atomic E-state index is 12.8. The van der Waals surface area contributed by atoms with Gasteiger partial charge in [-0.1, -0.05) is 6.92 Å². The van der Waals surface area contributed by atoms with E-state index in [2.05, 4.69) is 0 Å². The normalized spacial score (nSPS) is 10.6. The van der Waals surface area contributed by atoms with Crippen molar-refractivity contribution in [3.05, 3.63) is 63.2 Å². The van der Waals surface area contributed by atoms with E-state index in [1.54, 1.807) is 0 Å². The number of nitrogens with zero attached hydrogens (tertiary/aromatic N) is 2. The number of halogens is 1. The number of aromatic nitrogens is 2. The molecule has 2 aromatic rings. The summed E-state index contributed by atoms with van der Waals surface area (Å²) in [4.78, 5) is 23.7. The Morgan fingerprint density at radius 3 is 2.39 bits per heavy atom. The van der Waals surface area contributed by atoms with Crippen molar-refractivity contribution in [1.29, 1.82) is 0 Å². The first-order valence-electron chi connectivity index (χ1n) is 5.72. The van der Waals surface area contributed by atoms with Gasteiger partial charge in [0.05, 0.1) is 5.69 Å². The smallest absolute Gasteiger partial charge is 0.269 e. The van der Waals surface area contributed by atoms with E-state index in [-0.39, 0.29) is 11.4 Å². The van der Waals surface area contributed by atoms with Gasteiger partial charge in [-0.15, -0.1) is 0 Å². The first-order valence-corrected chi connectivity index (χ1v) is 5.72. The summed E-state index contributed by atoms with van der Waals surface area (Å²) in [5, 5.41) is 0. The monoisotopic (exact) mass is 248 g/mol. The fourth-order valence-electron chi connectivity index (χ4n) is 1.74. The SMILES string of the molecule is CCCn1c(=O)ccn(-c2ccc(F)cc2)c1=O. The lowest BCUT2D eigenvalue weighted by Crippen LogP contribution is -2.38. The molecule has 0 amide bonds. The molecule has 0 bridgehead atoms. The Balaban J connectivity index is 2.59. The van der Waals surface area contributed by atoms with Gasteiger partial charge in [0.1, 0.15) is 5.82 Å². The van der Waals surface area contributed by atoms with Crippen molar-refractivity contribution in [2.45, 2.75) is 19.9 Å². The van der Waals surface area contributed by atoms with Crippen LogP contribution in [0.5, 0.6) is 0 Å². The molecule has 1 aromatic carbocycles. The second kappa shape index (κ2) is 5.00. The highest BCUT2D eigenvalue weighted by molar-refractivity contribution is 5.31. The molecule has 4 nitrogen and oxygen atoms in total. The van der Waals surface area contributed by atoms with E-state index in [0.717, 1.165) is 0 Å². The van der Waals surface area contributed by atoms with Crippen LogP contribution in [0.4, 0.5) is 4.39 Å². The fourth-order valence-corrected chi connectivity index (χ4v) is 1.74. The van der Waals surface area contributed by atoms with E-state index in [0.29, 0.717) is 18.7 Å². The first kappa shape index (κ1) is 12.3. The van der Waals surface area contributed by atoms with Gasteiger partial charge in [-0.2, -0.15) is 0 Å². The van der Waals surface area contributed by atoms with Crippen LogP contribution >= 0.6 is 0 Å². The van der Waals surface area contributed by atoms with Gasteiger partial charge in [-0.3, -0.25) is 13.9 Å². The van der Waals surface area contributed by atoms with Crippen molar-refractivity contribution in [2.75, 3.05) is 0 Å². The molecule has 0 aliphatic heterocycles. The van der Waals surface area contributed by atoms with Crippen molar-refractivity contribution < 1.29 is 4.39 Å². The number of rotatable bonds is 3. The molecule has 0 radical (unpaired) electrons. The molecule has 1 aromatic heterocycles. The molecule has 18 heavy (non-hydrogen) atoms. The van der Waals surface area contributed by atoms with Crippen molar-refractivity contribution in [3.63, 3.8) is 0 Å². The van der Waals surface area contributed by atoms with E-state index >= 15 is 0 Å². The highest BCUT2D eigenvalue weighted by Crippen LogP contribution is 2.05. The Labute approximate surface area is 103 Å². The van der Waals surface area contributed by atoms with Gasteiger partial charge in [0.25, 0.3) is 5.56 Å². The summed E-state index contributed by atoms with van der Waals surface area (Å²) >= 11 is 0. The zero-order valence-corrected chi connectivity index (χ0v) is 9.97. The maximum atomic E-state index is 12.8. The lowest BCUT2D eigenvalue weighted by Gasteiger charge is -2.08. The molecule has 0 fully saturated rings. The summed E-state index contributed by atoms with van der Waals surface area (Å²) in [6.45, 7) is 2.26. The van der Waals surface area contributed by atoms with Gasteiger partial charge in [-0.05, 0) is 30.7 Å². The van der Waals surface area contributed by atoms with Gasteiger partial charge in [0.15, 0.2) is 0 Å². The molecule has 1 heterocycles. The Morgan fingerprint density at radius 2 is 1.78 bits per heavy atom. The average Bonchev–Trinajstić information content (AvgIpc) is 2.36. The molecule has 0 saturated carbocycles. The maximum Gasteiger partial charge on any atom is 0.335 e. The molecule has 94 valence electrons. The quantitative estimate of drug-likeness (QED) is 0.827. The first-order chi connectivity index (χ1) is 8.63. The van der Waals surface area contributed by atoms with E-state index in [9.17, 15) is 14.0 Å². The summed E-state index contributed by atoms with van der Waals surface area (Å²) in [5.41, 5.74) is -0.192. The topological polar surface area (TPSA) is 44.0 Å². The molecule has 0 atom stereocenters. The van der Waals surface area contributed by atoms with E-state index in [1.165, 1.54) is 45.7 Å². The summed E-state index contributed by atoms with van der Waals surface area (Å²) in [5.74, 6) is -0.367. The second-order valence-electron chi connectivity index (χ2n) is 3.93. The minimum atomic E-state index is -0.407. The van der Waals surface area contributed by atoms with Crippen LogP contribution < -0.4 is 11.2 Å². The van der Waals surface area contributed by atoms with Crippen LogP contribution in [0, 0.1) is 5.82 Å². The van der Waals surface area contributed by atoms with Gasteiger partial charge in [0, 0.05) is 18.8 Å². The van der Waals surface area contributed by atoms with E-state index in [4.69, 9.17) is 0 Å². The van der Waals surface area contributed by atoms with Gasteiger partial charge >= 0.3 is 5.69 Å². The molecule has 0 N–H and O–H groups in total. The largest absolute Gasteiger partial charge is 0.335 e. The standard InChI is InChI=1S/C13H13FN2O2/c1-2-8-16-12(17)7-9-15(13(16)18)11-5-3-10(14)4-6-11/h3-7,9H,2,8H2,1H3. The van der Waals surface area contributed by atoms with E-state index < -0.39 is 5.69 Å². The highest BCUT2D eigenvalue weighted by Gasteiger charge is 2.05. The lowest BCUT2D eigenvalue weighted by atomic mass is 10.3. The highest BCUT2D eigenvalue weighted by atomic mass is 19.1. The van der Waals surface area contributed by atoms with Crippen LogP contribution in [0.3, 0.4) is 0 Å². The van der Waals surface area contributed by atoms with Crippen molar-refractivity contribution in [2.24, 2.45) is 0 Å². The van der Waals surface area contributed by atoms with Gasteiger partial charge in [0.2, 0.25) is 0 Å². The number of hydrogen-bond donors (Lipinski definition) is 0. The molecule has 0 aliphatic carbocycles. The van der Waals surface area contributed by atoms with Gasteiger partial charge in [-0.25, -0.2) is 9.18 Å². The Hall–Kier alpha value is -2.17. The zero-order chi connectivity index (χ0) is 13.1.